The monoisotopic (exact) mass is 337 g/mol. The minimum Gasteiger partial charge on any atom is -0.473 e. The summed E-state index contributed by atoms with van der Waals surface area (Å²) in [6.07, 6.45) is 2.12. The lowest BCUT2D eigenvalue weighted by molar-refractivity contribution is 0.213. The zero-order valence-electron chi connectivity index (χ0n) is 15.4. The SMILES string of the molecule is CCN(CC)[C@H](C)Cn1ccc2nc(OCc3ccccc3)ccc21. The minimum absolute atomic E-state index is 0.500. The number of ether oxygens (including phenoxy) is 1. The highest BCUT2D eigenvalue weighted by Gasteiger charge is 2.12. The highest BCUT2D eigenvalue weighted by Crippen LogP contribution is 2.20. The molecule has 25 heavy (non-hydrogen) atoms. The predicted octanol–water partition coefficient (Wildman–Crippen LogP) is 4.35. The Morgan fingerprint density at radius 1 is 1.04 bits per heavy atom. The van der Waals surface area contributed by atoms with Crippen LogP contribution in [0.3, 0.4) is 0 Å². The Morgan fingerprint density at radius 2 is 1.80 bits per heavy atom. The largest absolute Gasteiger partial charge is 0.473 e. The van der Waals surface area contributed by atoms with Gasteiger partial charge in [0, 0.05) is 24.8 Å². The molecule has 0 spiro atoms. The molecule has 3 aromatic rings. The third kappa shape index (κ3) is 4.20. The van der Waals surface area contributed by atoms with E-state index in [4.69, 9.17) is 4.74 Å². The Kier molecular flexibility index (Phi) is 5.71. The van der Waals surface area contributed by atoms with Crippen molar-refractivity contribution in [2.45, 2.75) is 40.0 Å². The fraction of sp³-hybridized carbons (Fsp3) is 0.381. The molecule has 1 atom stereocenters. The number of nitrogens with zero attached hydrogens (tertiary/aromatic N) is 3. The average molecular weight is 337 g/mol. The second-order valence-electron chi connectivity index (χ2n) is 6.37. The molecule has 2 aromatic heterocycles. The maximum Gasteiger partial charge on any atom is 0.214 e. The highest BCUT2D eigenvalue weighted by molar-refractivity contribution is 5.76. The molecular weight excluding hydrogens is 310 g/mol. The zero-order valence-corrected chi connectivity index (χ0v) is 15.4. The molecule has 0 aliphatic rings. The van der Waals surface area contributed by atoms with Gasteiger partial charge in [-0.05, 0) is 37.7 Å². The van der Waals surface area contributed by atoms with Gasteiger partial charge in [0.2, 0.25) is 5.88 Å². The first-order chi connectivity index (χ1) is 12.2. The third-order valence-electron chi connectivity index (χ3n) is 4.72. The Bertz CT molecular complexity index is 793. The summed E-state index contributed by atoms with van der Waals surface area (Å²) in [5, 5.41) is 0. The van der Waals surface area contributed by atoms with Crippen LogP contribution in [0.2, 0.25) is 0 Å². The van der Waals surface area contributed by atoms with Crippen molar-refractivity contribution in [1.29, 1.82) is 0 Å². The van der Waals surface area contributed by atoms with Crippen molar-refractivity contribution in [3.05, 3.63) is 60.3 Å². The van der Waals surface area contributed by atoms with Crippen LogP contribution >= 0.6 is 0 Å². The Labute approximate surface area is 150 Å². The minimum atomic E-state index is 0.500. The Balaban J connectivity index is 1.70. The molecule has 4 nitrogen and oxygen atoms in total. The number of aromatic nitrogens is 2. The van der Waals surface area contributed by atoms with Gasteiger partial charge in [-0.2, -0.15) is 0 Å². The van der Waals surface area contributed by atoms with Crippen LogP contribution in [0.15, 0.2) is 54.7 Å². The van der Waals surface area contributed by atoms with E-state index in [2.05, 4.69) is 65.7 Å². The summed E-state index contributed by atoms with van der Waals surface area (Å²) in [5.41, 5.74) is 3.29. The van der Waals surface area contributed by atoms with E-state index >= 15 is 0 Å². The molecule has 0 saturated heterocycles. The quantitative estimate of drug-likeness (QED) is 0.612. The van der Waals surface area contributed by atoms with Gasteiger partial charge in [0.25, 0.3) is 0 Å². The number of benzene rings is 1. The first-order valence-electron chi connectivity index (χ1n) is 9.08. The van der Waals surface area contributed by atoms with Crippen molar-refractivity contribution in [3.63, 3.8) is 0 Å². The van der Waals surface area contributed by atoms with Crippen LogP contribution in [0.5, 0.6) is 5.88 Å². The Hall–Kier alpha value is -2.33. The molecule has 0 N–H and O–H groups in total. The number of pyridine rings is 1. The zero-order chi connectivity index (χ0) is 17.6. The van der Waals surface area contributed by atoms with Gasteiger partial charge in [-0.15, -0.1) is 0 Å². The number of hydrogen-bond donors (Lipinski definition) is 0. The van der Waals surface area contributed by atoms with Crippen LogP contribution in [0.4, 0.5) is 0 Å². The van der Waals surface area contributed by atoms with Crippen molar-refractivity contribution < 1.29 is 4.74 Å². The number of fused-ring (bicyclic) bond motifs is 1. The summed E-state index contributed by atoms with van der Waals surface area (Å²) in [7, 11) is 0. The van der Waals surface area contributed by atoms with Crippen molar-refractivity contribution in [2.24, 2.45) is 0 Å². The summed E-state index contributed by atoms with van der Waals surface area (Å²) >= 11 is 0. The number of likely N-dealkylation sites (N-methyl/N-ethyl adjacent to an activating group) is 1. The van der Waals surface area contributed by atoms with Crippen LogP contribution in [0.1, 0.15) is 26.3 Å². The lowest BCUT2D eigenvalue weighted by Gasteiger charge is -2.26. The number of rotatable bonds is 8. The maximum atomic E-state index is 5.83. The summed E-state index contributed by atoms with van der Waals surface area (Å²) in [5.74, 6) is 0.672. The molecule has 0 fully saturated rings. The topological polar surface area (TPSA) is 30.3 Å². The van der Waals surface area contributed by atoms with Gasteiger partial charge in [0.05, 0.1) is 11.0 Å². The third-order valence-corrected chi connectivity index (χ3v) is 4.72. The summed E-state index contributed by atoms with van der Waals surface area (Å²) in [6.45, 7) is 10.4. The van der Waals surface area contributed by atoms with Crippen molar-refractivity contribution >= 4 is 11.0 Å². The maximum absolute atomic E-state index is 5.83. The van der Waals surface area contributed by atoms with Crippen molar-refractivity contribution in [2.75, 3.05) is 13.1 Å². The van der Waals surface area contributed by atoms with Gasteiger partial charge in [0.1, 0.15) is 6.61 Å². The molecule has 0 saturated carbocycles. The molecule has 2 heterocycles. The second-order valence-corrected chi connectivity index (χ2v) is 6.37. The van der Waals surface area contributed by atoms with E-state index < -0.39 is 0 Å². The highest BCUT2D eigenvalue weighted by atomic mass is 16.5. The molecule has 1 aromatic carbocycles. The van der Waals surface area contributed by atoms with E-state index in [1.807, 2.05) is 24.3 Å². The molecule has 0 aliphatic carbocycles. The molecule has 0 bridgehead atoms. The van der Waals surface area contributed by atoms with Gasteiger partial charge in [-0.3, -0.25) is 4.90 Å². The van der Waals surface area contributed by atoms with Gasteiger partial charge in [-0.1, -0.05) is 44.2 Å². The van der Waals surface area contributed by atoms with E-state index in [0.717, 1.165) is 36.2 Å². The van der Waals surface area contributed by atoms with E-state index in [0.29, 0.717) is 18.5 Å². The normalized spacial score (nSPS) is 12.6. The van der Waals surface area contributed by atoms with E-state index in [-0.39, 0.29) is 0 Å². The van der Waals surface area contributed by atoms with Gasteiger partial charge in [-0.25, -0.2) is 4.98 Å². The molecular formula is C21H27N3O. The molecule has 132 valence electrons. The standard InChI is InChI=1S/C21H27N3O/c1-4-23(5-2)17(3)15-24-14-13-19-20(24)11-12-21(22-19)25-16-18-9-7-6-8-10-18/h6-14,17H,4-5,15-16H2,1-3H3/t17-/m1/s1. The molecule has 3 rings (SSSR count). The Morgan fingerprint density at radius 3 is 2.52 bits per heavy atom. The van der Waals surface area contributed by atoms with Crippen LogP contribution < -0.4 is 4.74 Å². The number of hydrogen-bond acceptors (Lipinski definition) is 3. The first kappa shape index (κ1) is 17.5. The van der Waals surface area contributed by atoms with E-state index in [1.165, 1.54) is 0 Å². The average Bonchev–Trinajstić information content (AvgIpc) is 3.04. The van der Waals surface area contributed by atoms with Crippen LogP contribution in [0, 0.1) is 0 Å². The van der Waals surface area contributed by atoms with Crippen LogP contribution in [0.25, 0.3) is 11.0 Å². The first-order valence-corrected chi connectivity index (χ1v) is 9.08. The molecule has 0 amide bonds. The summed E-state index contributed by atoms with van der Waals surface area (Å²) in [6, 6.07) is 16.8. The van der Waals surface area contributed by atoms with Crippen molar-refractivity contribution in [1.82, 2.24) is 14.5 Å². The lowest BCUT2D eigenvalue weighted by Crippen LogP contribution is -2.35. The molecule has 0 aliphatic heterocycles. The molecule has 4 heteroatoms. The lowest BCUT2D eigenvalue weighted by atomic mass is 10.2. The fourth-order valence-electron chi connectivity index (χ4n) is 3.27. The summed E-state index contributed by atoms with van der Waals surface area (Å²) in [4.78, 5) is 7.12. The van der Waals surface area contributed by atoms with Gasteiger partial charge < -0.3 is 9.30 Å². The van der Waals surface area contributed by atoms with Crippen LogP contribution in [-0.2, 0) is 13.2 Å². The fourth-order valence-corrected chi connectivity index (χ4v) is 3.27. The van der Waals surface area contributed by atoms with Crippen molar-refractivity contribution in [3.8, 4) is 5.88 Å². The summed E-state index contributed by atoms with van der Waals surface area (Å²) < 4.78 is 8.12. The predicted molar refractivity (Wildman–Crippen MR) is 103 cm³/mol. The van der Waals surface area contributed by atoms with E-state index in [9.17, 15) is 0 Å². The van der Waals surface area contributed by atoms with Gasteiger partial charge >= 0.3 is 0 Å². The molecule has 0 radical (unpaired) electrons. The van der Waals surface area contributed by atoms with Crippen LogP contribution in [-0.4, -0.2) is 33.6 Å². The second kappa shape index (κ2) is 8.17. The van der Waals surface area contributed by atoms with E-state index in [1.54, 1.807) is 0 Å². The van der Waals surface area contributed by atoms with Gasteiger partial charge in [0.15, 0.2) is 0 Å². The smallest absolute Gasteiger partial charge is 0.214 e. The molecule has 0 unspecified atom stereocenters.